The number of methoxy groups -OCH3 is 1. The van der Waals surface area contributed by atoms with Gasteiger partial charge in [-0.05, 0) is 59.7 Å². The van der Waals surface area contributed by atoms with Crippen LogP contribution >= 0.6 is 0 Å². The third-order valence-corrected chi connectivity index (χ3v) is 6.53. The second kappa shape index (κ2) is 8.47. The third kappa shape index (κ3) is 4.36. The van der Waals surface area contributed by atoms with Crippen LogP contribution in [0, 0.1) is 0 Å². The average molecular weight is 451 g/mol. The second-order valence-corrected chi connectivity index (χ2v) is 9.55. The maximum Gasteiger partial charge on any atom is 0.335 e. The number of carboxylic acid groups (broad SMARTS) is 1. The molecule has 1 atom stereocenters. The molecule has 7 nitrogen and oxygen atoms in total. The summed E-state index contributed by atoms with van der Waals surface area (Å²) in [6, 6.07) is 20.9. The summed E-state index contributed by atoms with van der Waals surface area (Å²) >= 11 is 0. The van der Waals surface area contributed by atoms with Crippen molar-refractivity contribution in [3.05, 3.63) is 89.5 Å². The van der Waals surface area contributed by atoms with Gasteiger partial charge in [-0.15, -0.1) is 0 Å². The minimum Gasteiger partial charge on any atom is -0.497 e. The van der Waals surface area contributed by atoms with Crippen molar-refractivity contribution in [2.75, 3.05) is 18.4 Å². The smallest absolute Gasteiger partial charge is 0.335 e. The van der Waals surface area contributed by atoms with Crippen LogP contribution in [0.3, 0.4) is 0 Å². The van der Waals surface area contributed by atoms with Gasteiger partial charge in [0.2, 0.25) is 0 Å². The molecule has 0 amide bonds. The van der Waals surface area contributed by atoms with Crippen molar-refractivity contribution in [3.63, 3.8) is 0 Å². The van der Waals surface area contributed by atoms with Crippen molar-refractivity contribution >= 4 is 27.2 Å². The van der Waals surface area contributed by atoms with Gasteiger partial charge in [0, 0.05) is 12.7 Å². The lowest BCUT2D eigenvalue weighted by Gasteiger charge is -2.24. The molecule has 1 aliphatic rings. The van der Waals surface area contributed by atoms with Gasteiger partial charge >= 0.3 is 5.97 Å². The summed E-state index contributed by atoms with van der Waals surface area (Å²) in [5.74, 6) is -0.235. The molecule has 0 fully saturated rings. The van der Waals surface area contributed by atoms with E-state index in [1.54, 1.807) is 55.6 Å². The highest BCUT2D eigenvalue weighted by molar-refractivity contribution is 7.90. The molecule has 8 heteroatoms. The lowest BCUT2D eigenvalue weighted by Crippen LogP contribution is -2.18. The summed E-state index contributed by atoms with van der Waals surface area (Å²) < 4.78 is 28.8. The number of carbonyl (C=O) groups is 1. The maximum atomic E-state index is 11.8. The van der Waals surface area contributed by atoms with Crippen molar-refractivity contribution in [2.45, 2.75) is 17.4 Å². The van der Waals surface area contributed by atoms with E-state index in [9.17, 15) is 18.3 Å². The summed E-state index contributed by atoms with van der Waals surface area (Å²) in [5, 5.41) is 15.9. The summed E-state index contributed by atoms with van der Waals surface area (Å²) in [5.41, 5.74) is 3.64. The number of sulfone groups is 1. The SMILES string of the molecule is COc1ccc(C2CC(c3ccc(S(C)(=O)=O)cc3)=NN2c2ccc(C(=O)O)cc2)cc1. The van der Waals surface area contributed by atoms with E-state index in [0.717, 1.165) is 28.3 Å². The molecule has 1 unspecified atom stereocenters. The van der Waals surface area contributed by atoms with E-state index in [0.29, 0.717) is 6.42 Å². The van der Waals surface area contributed by atoms with Crippen molar-refractivity contribution in [2.24, 2.45) is 5.10 Å². The number of rotatable bonds is 6. The first kappa shape index (κ1) is 21.6. The monoisotopic (exact) mass is 450 g/mol. The van der Waals surface area contributed by atoms with Gasteiger partial charge in [0.15, 0.2) is 9.84 Å². The fourth-order valence-electron chi connectivity index (χ4n) is 3.66. The molecule has 0 radical (unpaired) electrons. The fraction of sp³-hybridized carbons (Fsp3) is 0.167. The molecule has 164 valence electrons. The Balaban J connectivity index is 1.72. The van der Waals surface area contributed by atoms with Gasteiger partial charge in [-0.25, -0.2) is 13.2 Å². The molecule has 3 aromatic carbocycles. The normalized spacial score (nSPS) is 16.0. The molecule has 0 aromatic heterocycles. The summed E-state index contributed by atoms with van der Waals surface area (Å²) in [7, 11) is -1.67. The van der Waals surface area contributed by atoms with Crippen molar-refractivity contribution < 1.29 is 23.1 Å². The van der Waals surface area contributed by atoms with Gasteiger partial charge in [0.05, 0.1) is 35.0 Å². The van der Waals surface area contributed by atoms with E-state index < -0.39 is 15.8 Å². The number of benzene rings is 3. The van der Waals surface area contributed by atoms with E-state index in [4.69, 9.17) is 9.84 Å². The minimum atomic E-state index is -3.28. The van der Waals surface area contributed by atoms with Gasteiger partial charge in [-0.3, -0.25) is 5.01 Å². The summed E-state index contributed by atoms with van der Waals surface area (Å²) in [6.45, 7) is 0. The lowest BCUT2D eigenvalue weighted by molar-refractivity contribution is 0.0697. The van der Waals surface area contributed by atoms with Crippen LogP contribution < -0.4 is 9.75 Å². The van der Waals surface area contributed by atoms with Crippen molar-refractivity contribution in [1.82, 2.24) is 0 Å². The molecule has 3 aromatic rings. The zero-order valence-electron chi connectivity index (χ0n) is 17.6. The Morgan fingerprint density at radius 2 is 1.62 bits per heavy atom. The number of nitrogens with zero attached hydrogens (tertiary/aromatic N) is 2. The zero-order chi connectivity index (χ0) is 22.9. The predicted molar refractivity (Wildman–Crippen MR) is 122 cm³/mol. The Hall–Kier alpha value is -3.65. The molecule has 1 aliphatic heterocycles. The van der Waals surface area contributed by atoms with Crippen LogP contribution in [0.1, 0.15) is 33.9 Å². The largest absolute Gasteiger partial charge is 0.497 e. The van der Waals surface area contributed by atoms with Gasteiger partial charge in [-0.1, -0.05) is 24.3 Å². The van der Waals surface area contributed by atoms with Gasteiger partial charge < -0.3 is 9.84 Å². The molecule has 0 aliphatic carbocycles. The number of ether oxygens (including phenoxy) is 1. The number of hydrogen-bond acceptors (Lipinski definition) is 6. The van der Waals surface area contributed by atoms with Gasteiger partial charge in [-0.2, -0.15) is 5.10 Å². The molecule has 4 rings (SSSR count). The molecule has 0 spiro atoms. The Labute approximate surface area is 186 Å². The van der Waals surface area contributed by atoms with Crippen LogP contribution in [-0.4, -0.2) is 38.6 Å². The summed E-state index contributed by atoms with van der Waals surface area (Å²) in [6.07, 6.45) is 1.78. The number of carboxylic acids is 1. The van der Waals surface area contributed by atoms with Crippen LogP contribution in [0.2, 0.25) is 0 Å². The standard InChI is InChI=1S/C24H22N2O5S/c1-31-20-11-5-17(6-12-20)23-15-22(16-7-13-21(14-8-16)32(2,29)30)25-26(23)19-9-3-18(4-10-19)24(27)28/h3-14,23H,15H2,1-2H3,(H,27,28). The quantitative estimate of drug-likeness (QED) is 0.606. The highest BCUT2D eigenvalue weighted by Crippen LogP contribution is 2.37. The lowest BCUT2D eigenvalue weighted by atomic mass is 9.98. The first-order valence-electron chi connectivity index (χ1n) is 9.91. The number of aromatic carboxylic acids is 1. The highest BCUT2D eigenvalue weighted by atomic mass is 32.2. The molecule has 0 saturated carbocycles. The van der Waals surface area contributed by atoms with Crippen molar-refractivity contribution in [1.29, 1.82) is 0 Å². The van der Waals surface area contributed by atoms with Crippen LogP contribution in [0.15, 0.2) is 82.8 Å². The number of anilines is 1. The highest BCUT2D eigenvalue weighted by Gasteiger charge is 2.30. The molecule has 32 heavy (non-hydrogen) atoms. The van der Waals surface area contributed by atoms with E-state index in [-0.39, 0.29) is 16.5 Å². The minimum absolute atomic E-state index is 0.110. The topological polar surface area (TPSA) is 96.3 Å². The Bertz CT molecular complexity index is 1270. The summed E-state index contributed by atoms with van der Waals surface area (Å²) in [4.78, 5) is 11.5. The van der Waals surface area contributed by atoms with Crippen LogP contribution in [-0.2, 0) is 9.84 Å². The van der Waals surface area contributed by atoms with E-state index in [1.165, 1.54) is 6.26 Å². The number of hydrazone groups is 1. The van der Waals surface area contributed by atoms with Gasteiger partial charge in [0.25, 0.3) is 0 Å². The Kier molecular flexibility index (Phi) is 5.71. The van der Waals surface area contributed by atoms with E-state index >= 15 is 0 Å². The Morgan fingerprint density at radius 3 is 2.16 bits per heavy atom. The van der Waals surface area contributed by atoms with Crippen LogP contribution in [0.5, 0.6) is 5.75 Å². The first-order valence-corrected chi connectivity index (χ1v) is 11.8. The predicted octanol–water partition coefficient (Wildman–Crippen LogP) is 4.15. The Morgan fingerprint density at radius 1 is 1.00 bits per heavy atom. The molecule has 0 bridgehead atoms. The van der Waals surface area contributed by atoms with Gasteiger partial charge in [0.1, 0.15) is 5.75 Å². The van der Waals surface area contributed by atoms with E-state index in [2.05, 4.69) is 0 Å². The average Bonchev–Trinajstić information content (AvgIpc) is 3.24. The maximum absolute atomic E-state index is 11.8. The van der Waals surface area contributed by atoms with Crippen molar-refractivity contribution in [3.8, 4) is 5.75 Å². The third-order valence-electron chi connectivity index (χ3n) is 5.41. The first-order chi connectivity index (χ1) is 15.3. The molecule has 0 saturated heterocycles. The van der Waals surface area contributed by atoms with Crippen LogP contribution in [0.25, 0.3) is 0 Å². The molecule has 1 N–H and O–H groups in total. The number of hydrogen-bond donors (Lipinski definition) is 1. The molecular weight excluding hydrogens is 428 g/mol. The second-order valence-electron chi connectivity index (χ2n) is 7.53. The fourth-order valence-corrected chi connectivity index (χ4v) is 4.29. The molecule has 1 heterocycles. The van der Waals surface area contributed by atoms with Crippen LogP contribution in [0.4, 0.5) is 5.69 Å². The molecular formula is C24H22N2O5S. The van der Waals surface area contributed by atoms with E-state index in [1.807, 2.05) is 29.3 Å². The zero-order valence-corrected chi connectivity index (χ0v) is 18.4.